The van der Waals surface area contributed by atoms with Crippen LogP contribution < -0.4 is 14.8 Å². The number of thiazole rings is 1. The summed E-state index contributed by atoms with van der Waals surface area (Å²) in [5.41, 5.74) is 6.65. The van der Waals surface area contributed by atoms with E-state index < -0.39 is 0 Å². The van der Waals surface area contributed by atoms with E-state index in [1.165, 1.54) is 10.3 Å². The van der Waals surface area contributed by atoms with Crippen molar-refractivity contribution in [3.05, 3.63) is 107 Å². The third-order valence-electron chi connectivity index (χ3n) is 5.79. The van der Waals surface area contributed by atoms with Gasteiger partial charge in [0.1, 0.15) is 11.6 Å². The van der Waals surface area contributed by atoms with E-state index in [-0.39, 0.29) is 0 Å². The van der Waals surface area contributed by atoms with Gasteiger partial charge in [-0.3, -0.25) is 0 Å². The molecule has 0 aliphatic heterocycles. The summed E-state index contributed by atoms with van der Waals surface area (Å²) in [5.74, 6) is 1.47. The van der Waals surface area contributed by atoms with E-state index in [1.807, 2.05) is 43.3 Å². The fourth-order valence-electron chi connectivity index (χ4n) is 3.88. The summed E-state index contributed by atoms with van der Waals surface area (Å²) in [6, 6.07) is 28.5. The lowest BCUT2D eigenvalue weighted by Gasteiger charge is -2.14. The highest BCUT2D eigenvalue weighted by Crippen LogP contribution is 2.32. The molecule has 4 nitrogen and oxygen atoms in total. The number of aryl methyl sites for hydroxylation is 1. The Labute approximate surface area is 220 Å². The second-order valence-electron chi connectivity index (χ2n) is 8.55. The normalized spacial score (nSPS) is 11.0. The van der Waals surface area contributed by atoms with Crippen LogP contribution >= 0.6 is 22.9 Å². The number of hydrogen-bond acceptors (Lipinski definition) is 5. The number of nitrogens with one attached hydrogen (secondary N) is 1. The van der Waals surface area contributed by atoms with Gasteiger partial charge in [0.05, 0.1) is 16.8 Å². The van der Waals surface area contributed by atoms with E-state index in [0.29, 0.717) is 24.8 Å². The van der Waals surface area contributed by atoms with Crippen LogP contribution in [0, 0.1) is 6.92 Å². The summed E-state index contributed by atoms with van der Waals surface area (Å²) in [5, 5.41) is 5.25. The first-order valence-electron chi connectivity index (χ1n) is 11.9. The zero-order valence-electron chi connectivity index (χ0n) is 20.3. The molecule has 0 bridgehead atoms. The number of rotatable bonds is 9. The fraction of sp³-hybridized carbons (Fsp3) is 0.167. The highest BCUT2D eigenvalue weighted by atomic mass is 35.5. The van der Waals surface area contributed by atoms with Crippen LogP contribution in [0.5, 0.6) is 11.5 Å². The Morgan fingerprint density at radius 3 is 2.39 bits per heavy atom. The number of aromatic nitrogens is 1. The summed E-state index contributed by atoms with van der Waals surface area (Å²) in [6.07, 6.45) is 0. The van der Waals surface area contributed by atoms with E-state index in [1.54, 1.807) is 11.3 Å². The van der Waals surface area contributed by atoms with Crippen LogP contribution in [0.1, 0.15) is 23.6 Å². The molecule has 36 heavy (non-hydrogen) atoms. The van der Waals surface area contributed by atoms with Crippen molar-refractivity contribution in [2.24, 2.45) is 0 Å². The van der Waals surface area contributed by atoms with Gasteiger partial charge in [0.15, 0.2) is 11.5 Å². The SMILES string of the molecule is CCOc1cc(CNc2ccc(-c3nc4ccc(C)cc4s3)cc2)ccc1OCc1ccc(Cl)cc1. The summed E-state index contributed by atoms with van der Waals surface area (Å²) < 4.78 is 13.1. The molecule has 5 rings (SSSR count). The molecule has 1 heterocycles. The first kappa shape index (κ1) is 24.2. The maximum atomic E-state index is 6.02. The second-order valence-corrected chi connectivity index (χ2v) is 10.0. The van der Waals surface area contributed by atoms with Gasteiger partial charge in [0, 0.05) is 22.8 Å². The topological polar surface area (TPSA) is 43.4 Å². The van der Waals surface area contributed by atoms with Gasteiger partial charge in [0.2, 0.25) is 0 Å². The Kier molecular flexibility index (Phi) is 7.40. The lowest BCUT2D eigenvalue weighted by atomic mass is 10.1. The minimum Gasteiger partial charge on any atom is -0.490 e. The molecule has 0 spiro atoms. The van der Waals surface area contributed by atoms with Crippen molar-refractivity contribution >= 4 is 38.8 Å². The summed E-state index contributed by atoms with van der Waals surface area (Å²) in [6.45, 7) is 5.79. The maximum absolute atomic E-state index is 6.02. The first-order valence-corrected chi connectivity index (χ1v) is 13.1. The molecule has 0 amide bonds. The van der Waals surface area contributed by atoms with Gasteiger partial charge < -0.3 is 14.8 Å². The van der Waals surface area contributed by atoms with Gasteiger partial charge in [-0.2, -0.15) is 0 Å². The monoisotopic (exact) mass is 514 g/mol. The molecule has 182 valence electrons. The molecule has 0 saturated carbocycles. The molecule has 0 unspecified atom stereocenters. The van der Waals surface area contributed by atoms with Crippen molar-refractivity contribution in [1.82, 2.24) is 4.98 Å². The standard InChI is InChI=1S/C30H27ClN2O2S/c1-3-34-28-17-22(7-15-27(28)35-19-21-5-10-24(31)11-6-21)18-32-25-12-8-23(9-13-25)30-33-26-14-4-20(2)16-29(26)36-30/h4-17,32H,3,18-19H2,1-2H3. The van der Waals surface area contributed by atoms with Crippen LogP contribution in [0.2, 0.25) is 5.02 Å². The van der Waals surface area contributed by atoms with Crippen LogP contribution in [-0.4, -0.2) is 11.6 Å². The molecule has 0 saturated heterocycles. The van der Waals surface area contributed by atoms with Crippen LogP contribution in [-0.2, 0) is 13.2 Å². The smallest absolute Gasteiger partial charge is 0.161 e. The highest BCUT2D eigenvalue weighted by Gasteiger charge is 2.09. The van der Waals surface area contributed by atoms with E-state index >= 15 is 0 Å². The average Bonchev–Trinajstić information content (AvgIpc) is 3.31. The average molecular weight is 515 g/mol. The molecular formula is C30H27ClN2O2S. The molecule has 1 aromatic heterocycles. The Morgan fingerprint density at radius 1 is 0.833 bits per heavy atom. The Morgan fingerprint density at radius 2 is 1.61 bits per heavy atom. The third-order valence-corrected chi connectivity index (χ3v) is 7.11. The molecule has 0 fully saturated rings. The van der Waals surface area contributed by atoms with E-state index in [2.05, 4.69) is 60.8 Å². The van der Waals surface area contributed by atoms with Crippen LogP contribution in [0.4, 0.5) is 5.69 Å². The predicted molar refractivity (Wildman–Crippen MR) is 151 cm³/mol. The molecular weight excluding hydrogens is 488 g/mol. The van der Waals surface area contributed by atoms with Crippen molar-refractivity contribution in [1.29, 1.82) is 0 Å². The number of benzene rings is 4. The largest absolute Gasteiger partial charge is 0.490 e. The van der Waals surface area contributed by atoms with Gasteiger partial charge >= 0.3 is 0 Å². The fourth-order valence-corrected chi connectivity index (χ4v) is 5.08. The predicted octanol–water partition coefficient (Wildman–Crippen LogP) is 8.51. The highest BCUT2D eigenvalue weighted by molar-refractivity contribution is 7.21. The zero-order valence-corrected chi connectivity index (χ0v) is 21.8. The molecule has 0 atom stereocenters. The number of halogens is 1. The lowest BCUT2D eigenvalue weighted by Crippen LogP contribution is -2.03. The lowest BCUT2D eigenvalue weighted by molar-refractivity contribution is 0.269. The van der Waals surface area contributed by atoms with Crippen LogP contribution in [0.25, 0.3) is 20.8 Å². The van der Waals surface area contributed by atoms with Gasteiger partial charge in [-0.05, 0) is 91.2 Å². The van der Waals surface area contributed by atoms with Gasteiger partial charge in [-0.1, -0.05) is 35.9 Å². The summed E-state index contributed by atoms with van der Waals surface area (Å²) >= 11 is 7.70. The van der Waals surface area contributed by atoms with Gasteiger partial charge in [0.25, 0.3) is 0 Å². The minimum atomic E-state index is 0.454. The molecule has 0 aliphatic carbocycles. The van der Waals surface area contributed by atoms with Gasteiger partial charge in [-0.15, -0.1) is 11.3 Å². The van der Waals surface area contributed by atoms with E-state index in [9.17, 15) is 0 Å². The van der Waals surface area contributed by atoms with Gasteiger partial charge in [-0.25, -0.2) is 4.98 Å². The molecule has 5 aromatic rings. The van der Waals surface area contributed by atoms with Crippen molar-refractivity contribution in [3.63, 3.8) is 0 Å². The molecule has 6 heteroatoms. The number of nitrogens with zero attached hydrogens (tertiary/aromatic N) is 1. The number of anilines is 1. The van der Waals surface area contributed by atoms with Crippen molar-refractivity contribution in [2.45, 2.75) is 27.0 Å². The number of ether oxygens (including phenoxy) is 2. The molecule has 0 radical (unpaired) electrons. The summed E-state index contributed by atoms with van der Waals surface area (Å²) in [4.78, 5) is 4.79. The first-order chi connectivity index (χ1) is 17.6. The summed E-state index contributed by atoms with van der Waals surface area (Å²) in [7, 11) is 0. The number of fused-ring (bicyclic) bond motifs is 1. The quantitative estimate of drug-likeness (QED) is 0.214. The van der Waals surface area contributed by atoms with Crippen LogP contribution in [0.3, 0.4) is 0 Å². The Hall–Kier alpha value is -3.54. The molecule has 0 aliphatic rings. The van der Waals surface area contributed by atoms with E-state index in [4.69, 9.17) is 26.1 Å². The van der Waals surface area contributed by atoms with E-state index in [0.717, 1.165) is 44.4 Å². The van der Waals surface area contributed by atoms with Crippen molar-refractivity contribution in [2.75, 3.05) is 11.9 Å². The Bertz CT molecular complexity index is 1460. The zero-order chi connectivity index (χ0) is 24.9. The van der Waals surface area contributed by atoms with Crippen LogP contribution in [0.15, 0.2) is 84.9 Å². The molecule has 4 aromatic carbocycles. The Balaban J connectivity index is 1.23. The molecule has 1 N–H and O–H groups in total. The third kappa shape index (κ3) is 5.81. The maximum Gasteiger partial charge on any atom is 0.161 e. The second kappa shape index (κ2) is 11.0. The number of hydrogen-bond donors (Lipinski definition) is 1. The van der Waals surface area contributed by atoms with Crippen molar-refractivity contribution in [3.8, 4) is 22.1 Å². The van der Waals surface area contributed by atoms with Crippen molar-refractivity contribution < 1.29 is 9.47 Å². The minimum absolute atomic E-state index is 0.454.